The van der Waals surface area contributed by atoms with Gasteiger partial charge in [0, 0.05) is 26.2 Å². The molecule has 0 atom stereocenters. The Morgan fingerprint density at radius 2 is 1.78 bits per heavy atom. The maximum atomic E-state index is 11.7. The molecule has 1 aliphatic heterocycles. The topological polar surface area (TPSA) is 41.6 Å². The van der Waals surface area contributed by atoms with Crippen molar-refractivity contribution in [2.24, 2.45) is 0 Å². The largest absolute Gasteiger partial charge is 0.412 e. The summed E-state index contributed by atoms with van der Waals surface area (Å²) in [6, 6.07) is 17.7. The highest BCUT2D eigenvalue weighted by Gasteiger charge is 2.15. The van der Waals surface area contributed by atoms with E-state index in [9.17, 15) is 4.79 Å². The van der Waals surface area contributed by atoms with Gasteiger partial charge in [0.1, 0.15) is 5.75 Å². The smallest absolute Gasteiger partial charge is 0.410 e. The minimum absolute atomic E-state index is 0.389. The number of amides is 1. The van der Waals surface area contributed by atoms with Gasteiger partial charge in [-0.15, -0.1) is 0 Å². The molecule has 1 amide bonds. The third-order valence-electron chi connectivity index (χ3n) is 4.08. The van der Waals surface area contributed by atoms with Crippen LogP contribution in [0.1, 0.15) is 17.5 Å². The van der Waals surface area contributed by atoms with Crippen molar-refractivity contribution in [2.75, 3.05) is 19.6 Å². The molecule has 0 bridgehead atoms. The fraction of sp³-hybridized carbons (Fsp3) is 0.316. The van der Waals surface area contributed by atoms with Gasteiger partial charge in [0.2, 0.25) is 0 Å². The number of nitrogens with zero attached hydrogens (tertiary/aromatic N) is 1. The molecule has 0 saturated heterocycles. The summed E-state index contributed by atoms with van der Waals surface area (Å²) in [5, 5.41) is 2.80. The van der Waals surface area contributed by atoms with E-state index in [0.29, 0.717) is 12.3 Å². The van der Waals surface area contributed by atoms with E-state index < -0.39 is 0 Å². The molecule has 0 radical (unpaired) electrons. The Kier molecular flexibility index (Phi) is 5.27. The van der Waals surface area contributed by atoms with Crippen LogP contribution in [-0.4, -0.2) is 30.6 Å². The van der Waals surface area contributed by atoms with E-state index >= 15 is 0 Å². The van der Waals surface area contributed by atoms with E-state index in [2.05, 4.69) is 34.5 Å². The molecule has 1 N–H and O–H groups in total. The van der Waals surface area contributed by atoms with Gasteiger partial charge in [-0.05, 0) is 36.1 Å². The van der Waals surface area contributed by atoms with E-state index in [1.54, 1.807) is 12.1 Å². The summed E-state index contributed by atoms with van der Waals surface area (Å²) in [6.07, 6.45) is 1.64. The molecule has 1 aliphatic rings. The first-order valence-corrected chi connectivity index (χ1v) is 8.11. The second-order valence-corrected chi connectivity index (χ2v) is 5.78. The molecule has 0 unspecified atom stereocenters. The number of carbonyl (C=O) groups is 1. The Balaban J connectivity index is 1.35. The molecule has 2 aromatic rings. The maximum Gasteiger partial charge on any atom is 0.412 e. The van der Waals surface area contributed by atoms with E-state index in [0.717, 1.165) is 32.5 Å². The average molecular weight is 310 g/mol. The van der Waals surface area contributed by atoms with Gasteiger partial charge >= 0.3 is 6.09 Å². The van der Waals surface area contributed by atoms with Crippen LogP contribution in [0.5, 0.6) is 5.75 Å². The van der Waals surface area contributed by atoms with Gasteiger partial charge in [-0.3, -0.25) is 4.90 Å². The van der Waals surface area contributed by atoms with Crippen LogP contribution in [0.15, 0.2) is 54.6 Å². The number of nitrogens with one attached hydrogen (secondary N) is 1. The lowest BCUT2D eigenvalue weighted by molar-refractivity contribution is 0.198. The first-order chi connectivity index (χ1) is 11.3. The monoisotopic (exact) mass is 310 g/mol. The first-order valence-electron chi connectivity index (χ1n) is 8.11. The minimum atomic E-state index is -0.389. The second kappa shape index (κ2) is 7.79. The van der Waals surface area contributed by atoms with Crippen LogP contribution in [0, 0.1) is 0 Å². The predicted octanol–water partition coefficient (Wildman–Crippen LogP) is 3.22. The summed E-state index contributed by atoms with van der Waals surface area (Å²) in [5.74, 6) is 0.567. The SMILES string of the molecule is O=C(NCCCN1CCc2ccccc2C1)Oc1ccccc1. The number of hydrogen-bond acceptors (Lipinski definition) is 3. The average Bonchev–Trinajstić information content (AvgIpc) is 2.59. The molecule has 3 rings (SSSR count). The first kappa shape index (κ1) is 15.6. The quantitative estimate of drug-likeness (QED) is 0.862. The highest BCUT2D eigenvalue weighted by molar-refractivity contribution is 5.70. The summed E-state index contributed by atoms with van der Waals surface area (Å²) in [7, 11) is 0. The van der Waals surface area contributed by atoms with Crippen LogP contribution in [0.25, 0.3) is 0 Å². The lowest BCUT2D eigenvalue weighted by atomic mass is 10.00. The number of carbonyl (C=O) groups excluding carboxylic acids is 1. The van der Waals surface area contributed by atoms with Crippen LogP contribution >= 0.6 is 0 Å². The van der Waals surface area contributed by atoms with E-state index in [-0.39, 0.29) is 6.09 Å². The summed E-state index contributed by atoms with van der Waals surface area (Å²) in [4.78, 5) is 14.1. The van der Waals surface area contributed by atoms with Crippen molar-refractivity contribution in [1.82, 2.24) is 10.2 Å². The fourth-order valence-electron chi connectivity index (χ4n) is 2.87. The normalized spacial score (nSPS) is 14.1. The van der Waals surface area contributed by atoms with Crippen molar-refractivity contribution in [3.8, 4) is 5.75 Å². The molecular weight excluding hydrogens is 288 g/mol. The van der Waals surface area contributed by atoms with Crippen LogP contribution in [0.4, 0.5) is 4.79 Å². The molecule has 1 heterocycles. The van der Waals surface area contributed by atoms with Gasteiger partial charge in [0.15, 0.2) is 0 Å². The zero-order valence-corrected chi connectivity index (χ0v) is 13.2. The van der Waals surface area contributed by atoms with Crippen molar-refractivity contribution in [3.05, 3.63) is 65.7 Å². The molecule has 4 heteroatoms. The van der Waals surface area contributed by atoms with Crippen molar-refractivity contribution >= 4 is 6.09 Å². The zero-order valence-electron chi connectivity index (χ0n) is 13.2. The lowest BCUT2D eigenvalue weighted by Gasteiger charge is -2.28. The van der Waals surface area contributed by atoms with Gasteiger partial charge < -0.3 is 10.1 Å². The van der Waals surface area contributed by atoms with Gasteiger partial charge in [-0.25, -0.2) is 4.79 Å². The molecule has 120 valence electrons. The molecule has 0 aliphatic carbocycles. The number of benzene rings is 2. The van der Waals surface area contributed by atoms with Gasteiger partial charge in [0.05, 0.1) is 0 Å². The van der Waals surface area contributed by atoms with Crippen LogP contribution in [0.2, 0.25) is 0 Å². The van der Waals surface area contributed by atoms with Crippen LogP contribution in [-0.2, 0) is 13.0 Å². The van der Waals surface area contributed by atoms with Gasteiger partial charge in [-0.1, -0.05) is 42.5 Å². The van der Waals surface area contributed by atoms with Crippen LogP contribution < -0.4 is 10.1 Å². The predicted molar refractivity (Wildman–Crippen MR) is 90.5 cm³/mol. The number of rotatable bonds is 5. The molecule has 4 nitrogen and oxygen atoms in total. The van der Waals surface area contributed by atoms with Gasteiger partial charge in [-0.2, -0.15) is 0 Å². The number of fused-ring (bicyclic) bond motifs is 1. The summed E-state index contributed by atoms with van der Waals surface area (Å²) >= 11 is 0. The van der Waals surface area contributed by atoms with Gasteiger partial charge in [0.25, 0.3) is 0 Å². The third kappa shape index (κ3) is 4.57. The molecule has 0 aromatic heterocycles. The molecule has 0 spiro atoms. The van der Waals surface area contributed by atoms with Crippen LogP contribution in [0.3, 0.4) is 0 Å². The number of ether oxygens (including phenoxy) is 1. The van der Waals surface area contributed by atoms with E-state index in [1.807, 2.05) is 18.2 Å². The Morgan fingerprint density at radius 1 is 1.04 bits per heavy atom. The third-order valence-corrected chi connectivity index (χ3v) is 4.08. The highest BCUT2D eigenvalue weighted by Crippen LogP contribution is 2.18. The standard InChI is InChI=1S/C19H22N2O2/c22-19(23-18-9-2-1-3-10-18)20-12-6-13-21-14-11-16-7-4-5-8-17(16)15-21/h1-5,7-10H,6,11-15H2,(H,20,22). The second-order valence-electron chi connectivity index (χ2n) is 5.78. The number of para-hydroxylation sites is 1. The summed E-state index contributed by atoms with van der Waals surface area (Å²) in [5.41, 5.74) is 2.89. The Bertz CT molecular complexity index is 643. The Labute approximate surface area is 137 Å². The van der Waals surface area contributed by atoms with E-state index in [4.69, 9.17) is 4.74 Å². The van der Waals surface area contributed by atoms with Crippen molar-refractivity contribution in [3.63, 3.8) is 0 Å². The lowest BCUT2D eigenvalue weighted by Crippen LogP contribution is -2.34. The highest BCUT2D eigenvalue weighted by atomic mass is 16.5. The summed E-state index contributed by atoms with van der Waals surface area (Å²) in [6.45, 7) is 3.71. The zero-order chi connectivity index (χ0) is 15.9. The summed E-state index contributed by atoms with van der Waals surface area (Å²) < 4.78 is 5.19. The van der Waals surface area contributed by atoms with Crippen molar-refractivity contribution in [1.29, 1.82) is 0 Å². The fourth-order valence-corrected chi connectivity index (χ4v) is 2.87. The molecule has 2 aromatic carbocycles. The van der Waals surface area contributed by atoms with E-state index in [1.165, 1.54) is 11.1 Å². The number of hydrogen-bond donors (Lipinski definition) is 1. The molecule has 0 fully saturated rings. The molecular formula is C19H22N2O2. The van der Waals surface area contributed by atoms with Crippen molar-refractivity contribution in [2.45, 2.75) is 19.4 Å². The Morgan fingerprint density at radius 3 is 2.61 bits per heavy atom. The molecule has 0 saturated carbocycles. The van der Waals surface area contributed by atoms with Crippen molar-refractivity contribution < 1.29 is 9.53 Å². The maximum absolute atomic E-state index is 11.7. The minimum Gasteiger partial charge on any atom is -0.410 e. The Hall–Kier alpha value is -2.33. The molecule has 23 heavy (non-hydrogen) atoms.